The second-order valence-electron chi connectivity index (χ2n) is 4.10. The lowest BCUT2D eigenvalue weighted by atomic mass is 10.3. The summed E-state index contributed by atoms with van der Waals surface area (Å²) in [5.41, 5.74) is 0.824. The first-order chi connectivity index (χ1) is 9.33. The quantitative estimate of drug-likeness (QED) is 0.848. The van der Waals surface area contributed by atoms with Crippen LogP contribution in [-0.2, 0) is 6.42 Å². The molecule has 1 aliphatic heterocycles. The van der Waals surface area contributed by atoms with Gasteiger partial charge in [-0.3, -0.25) is 9.78 Å². The fourth-order valence-electron chi connectivity index (χ4n) is 1.83. The monoisotopic (exact) mass is 276 g/mol. The predicted molar refractivity (Wildman–Crippen MR) is 70.7 cm³/mol. The molecule has 0 saturated carbocycles. The Kier molecular flexibility index (Phi) is 3.45. The Morgan fingerprint density at radius 1 is 1.47 bits per heavy atom. The average molecular weight is 276 g/mol. The number of aromatic nitrogens is 3. The van der Waals surface area contributed by atoms with Crippen LogP contribution >= 0.6 is 11.8 Å². The second-order valence-corrected chi connectivity index (χ2v) is 5.15. The summed E-state index contributed by atoms with van der Waals surface area (Å²) in [4.78, 5) is 21.6. The van der Waals surface area contributed by atoms with Gasteiger partial charge < -0.3 is 9.42 Å². The molecule has 0 atom stereocenters. The van der Waals surface area contributed by atoms with E-state index in [1.165, 1.54) is 11.8 Å². The molecular weight excluding hydrogens is 264 g/mol. The maximum atomic E-state index is 11.4. The zero-order valence-electron chi connectivity index (χ0n) is 10.2. The van der Waals surface area contributed by atoms with Gasteiger partial charge in [-0.15, -0.1) is 0 Å². The predicted octanol–water partition coefficient (Wildman–Crippen LogP) is 1.84. The van der Waals surface area contributed by atoms with Crippen LogP contribution in [0.1, 0.15) is 5.89 Å². The van der Waals surface area contributed by atoms with E-state index in [1.807, 2.05) is 12.1 Å². The van der Waals surface area contributed by atoms with E-state index >= 15 is 0 Å². The summed E-state index contributed by atoms with van der Waals surface area (Å²) >= 11 is 1.35. The number of amides is 1. The van der Waals surface area contributed by atoms with Gasteiger partial charge in [-0.05, 0) is 12.1 Å². The molecule has 1 saturated heterocycles. The van der Waals surface area contributed by atoms with Crippen LogP contribution in [0.4, 0.5) is 4.79 Å². The first-order valence-electron chi connectivity index (χ1n) is 5.97. The summed E-state index contributed by atoms with van der Waals surface area (Å²) in [5, 5.41) is 4.05. The first kappa shape index (κ1) is 12.2. The summed E-state index contributed by atoms with van der Waals surface area (Å²) in [6, 6.07) is 3.70. The molecule has 98 valence electrons. The van der Waals surface area contributed by atoms with E-state index in [1.54, 1.807) is 17.3 Å². The van der Waals surface area contributed by atoms with E-state index in [-0.39, 0.29) is 5.24 Å². The standard InChI is InChI=1S/C12H12N4O2S/c17-12-16(6-7-19-12)5-3-10-14-11(15-18-10)9-2-1-4-13-8-9/h1-2,4,8H,3,5-7H2. The highest BCUT2D eigenvalue weighted by molar-refractivity contribution is 8.13. The van der Waals surface area contributed by atoms with Crippen LogP contribution in [0, 0.1) is 0 Å². The minimum atomic E-state index is 0.131. The number of hydrogen-bond acceptors (Lipinski definition) is 6. The molecule has 0 aliphatic carbocycles. The number of thioether (sulfide) groups is 1. The summed E-state index contributed by atoms with van der Waals surface area (Å²) in [7, 11) is 0. The molecular formula is C12H12N4O2S. The van der Waals surface area contributed by atoms with Gasteiger partial charge in [-0.25, -0.2) is 0 Å². The van der Waals surface area contributed by atoms with Crippen molar-refractivity contribution >= 4 is 17.0 Å². The topological polar surface area (TPSA) is 72.1 Å². The van der Waals surface area contributed by atoms with Crippen molar-refractivity contribution in [1.82, 2.24) is 20.0 Å². The van der Waals surface area contributed by atoms with Crippen LogP contribution in [0.15, 0.2) is 29.0 Å². The van der Waals surface area contributed by atoms with Crippen molar-refractivity contribution in [3.05, 3.63) is 30.4 Å². The Labute approximate surface area is 114 Å². The van der Waals surface area contributed by atoms with Gasteiger partial charge in [0.15, 0.2) is 0 Å². The lowest BCUT2D eigenvalue weighted by Crippen LogP contribution is -2.25. The minimum Gasteiger partial charge on any atom is -0.339 e. The smallest absolute Gasteiger partial charge is 0.281 e. The minimum absolute atomic E-state index is 0.131. The van der Waals surface area contributed by atoms with Gasteiger partial charge in [0.2, 0.25) is 11.7 Å². The van der Waals surface area contributed by atoms with Crippen LogP contribution < -0.4 is 0 Å². The Balaban J connectivity index is 1.64. The van der Waals surface area contributed by atoms with Crippen molar-refractivity contribution in [2.45, 2.75) is 6.42 Å². The van der Waals surface area contributed by atoms with Crippen molar-refractivity contribution in [3.63, 3.8) is 0 Å². The summed E-state index contributed by atoms with van der Waals surface area (Å²) < 4.78 is 5.18. The van der Waals surface area contributed by atoms with Crippen molar-refractivity contribution in [1.29, 1.82) is 0 Å². The van der Waals surface area contributed by atoms with E-state index in [0.29, 0.717) is 24.7 Å². The van der Waals surface area contributed by atoms with Crippen molar-refractivity contribution < 1.29 is 9.32 Å². The zero-order chi connectivity index (χ0) is 13.1. The fraction of sp³-hybridized carbons (Fsp3) is 0.333. The lowest BCUT2D eigenvalue weighted by molar-refractivity contribution is 0.228. The number of hydrogen-bond donors (Lipinski definition) is 0. The first-order valence-corrected chi connectivity index (χ1v) is 6.96. The van der Waals surface area contributed by atoms with E-state index < -0.39 is 0 Å². The number of nitrogens with zero attached hydrogens (tertiary/aromatic N) is 4. The maximum absolute atomic E-state index is 11.4. The Morgan fingerprint density at radius 3 is 3.16 bits per heavy atom. The number of carbonyl (C=O) groups excluding carboxylic acids is 1. The van der Waals surface area contributed by atoms with E-state index in [2.05, 4.69) is 15.1 Å². The molecule has 7 heteroatoms. The third-order valence-electron chi connectivity index (χ3n) is 2.83. The molecule has 3 heterocycles. The molecule has 6 nitrogen and oxygen atoms in total. The SMILES string of the molecule is O=C1SCCN1CCc1nc(-c2cccnc2)no1. The van der Waals surface area contributed by atoms with Crippen LogP contribution in [0.3, 0.4) is 0 Å². The normalized spacial score (nSPS) is 15.2. The highest BCUT2D eigenvalue weighted by atomic mass is 32.2. The highest BCUT2D eigenvalue weighted by Gasteiger charge is 2.21. The molecule has 0 unspecified atom stereocenters. The molecule has 1 amide bonds. The molecule has 0 bridgehead atoms. The molecule has 0 radical (unpaired) electrons. The van der Waals surface area contributed by atoms with Crippen molar-refractivity contribution in [2.24, 2.45) is 0 Å². The largest absolute Gasteiger partial charge is 0.339 e. The molecule has 19 heavy (non-hydrogen) atoms. The Bertz CT molecular complexity index is 572. The molecule has 1 aliphatic rings. The number of rotatable bonds is 4. The fourth-order valence-corrected chi connectivity index (χ4v) is 2.68. The Morgan fingerprint density at radius 2 is 2.42 bits per heavy atom. The van der Waals surface area contributed by atoms with Crippen LogP contribution in [0.2, 0.25) is 0 Å². The molecule has 0 N–H and O–H groups in total. The number of pyridine rings is 1. The van der Waals surface area contributed by atoms with Crippen LogP contribution in [0.25, 0.3) is 11.4 Å². The van der Waals surface area contributed by atoms with E-state index in [9.17, 15) is 4.79 Å². The average Bonchev–Trinajstić information content (AvgIpc) is 3.06. The van der Waals surface area contributed by atoms with Gasteiger partial charge in [0.25, 0.3) is 5.24 Å². The van der Waals surface area contributed by atoms with Gasteiger partial charge in [0.05, 0.1) is 0 Å². The Hall–Kier alpha value is -1.89. The maximum Gasteiger partial charge on any atom is 0.281 e. The van der Waals surface area contributed by atoms with Crippen molar-refractivity contribution in [2.75, 3.05) is 18.8 Å². The molecule has 2 aromatic heterocycles. The van der Waals surface area contributed by atoms with Gasteiger partial charge in [0, 0.05) is 43.2 Å². The zero-order valence-corrected chi connectivity index (χ0v) is 11.0. The van der Waals surface area contributed by atoms with Gasteiger partial charge in [-0.2, -0.15) is 4.98 Å². The van der Waals surface area contributed by atoms with Crippen LogP contribution in [-0.4, -0.2) is 44.1 Å². The van der Waals surface area contributed by atoms with Crippen molar-refractivity contribution in [3.8, 4) is 11.4 Å². The summed E-state index contributed by atoms with van der Waals surface area (Å²) in [6.45, 7) is 1.42. The molecule has 0 aromatic carbocycles. The summed E-state index contributed by atoms with van der Waals surface area (Å²) in [6.07, 6.45) is 3.97. The second kappa shape index (κ2) is 5.40. The third kappa shape index (κ3) is 2.76. The van der Waals surface area contributed by atoms with Gasteiger partial charge in [0.1, 0.15) is 0 Å². The molecule has 1 fully saturated rings. The molecule has 0 spiro atoms. The number of carbonyl (C=O) groups is 1. The van der Waals surface area contributed by atoms with Gasteiger partial charge >= 0.3 is 0 Å². The highest BCUT2D eigenvalue weighted by Crippen LogP contribution is 2.18. The summed E-state index contributed by atoms with van der Waals surface area (Å²) in [5.74, 6) is 1.94. The molecule has 2 aromatic rings. The van der Waals surface area contributed by atoms with E-state index in [0.717, 1.165) is 17.9 Å². The van der Waals surface area contributed by atoms with Gasteiger partial charge in [-0.1, -0.05) is 16.9 Å². The third-order valence-corrected chi connectivity index (χ3v) is 3.72. The van der Waals surface area contributed by atoms with E-state index in [4.69, 9.17) is 4.52 Å². The lowest BCUT2D eigenvalue weighted by Gasteiger charge is -2.11. The van der Waals surface area contributed by atoms with Crippen LogP contribution in [0.5, 0.6) is 0 Å². The molecule has 3 rings (SSSR count).